The minimum Gasteiger partial charge on any atom is -0.388 e. The van der Waals surface area contributed by atoms with Gasteiger partial charge in [0.25, 0.3) is 11.9 Å². The Morgan fingerprint density at radius 2 is 1.52 bits per heavy atom. The second-order valence-electron chi connectivity index (χ2n) is 5.44. The fourth-order valence-electron chi connectivity index (χ4n) is 2.55. The van der Waals surface area contributed by atoms with Gasteiger partial charge in [-0.1, -0.05) is 0 Å². The lowest BCUT2D eigenvalue weighted by Crippen LogP contribution is -2.10. The maximum Gasteiger partial charge on any atom is 0.255 e. The quantitative estimate of drug-likeness (QED) is 0.617. The standard InChI is InChI=1S/C17H16N8/c1-12-11-13(5-6-14(12)18-2)15-21-16(24-9-3-7-19-24)23-17(22-15)25-10-4-8-20-25/h3-11,18H,1-2H3. The predicted octanol–water partition coefficient (Wildman–Crippen LogP) is 2.26. The third kappa shape index (κ3) is 2.85. The van der Waals surface area contributed by atoms with E-state index in [1.165, 1.54) is 0 Å². The largest absolute Gasteiger partial charge is 0.388 e. The fourth-order valence-corrected chi connectivity index (χ4v) is 2.55. The van der Waals surface area contributed by atoms with Crippen LogP contribution in [-0.4, -0.2) is 41.6 Å². The Morgan fingerprint density at radius 3 is 2.00 bits per heavy atom. The number of aryl methyl sites for hydroxylation is 1. The van der Waals surface area contributed by atoms with Gasteiger partial charge in [0.2, 0.25) is 0 Å². The highest BCUT2D eigenvalue weighted by atomic mass is 15.4. The highest BCUT2D eigenvalue weighted by Gasteiger charge is 2.12. The van der Waals surface area contributed by atoms with Crippen LogP contribution in [0.25, 0.3) is 23.3 Å². The molecule has 0 aliphatic carbocycles. The van der Waals surface area contributed by atoms with Crippen molar-refractivity contribution in [2.45, 2.75) is 6.92 Å². The van der Waals surface area contributed by atoms with Gasteiger partial charge in [-0.15, -0.1) is 0 Å². The van der Waals surface area contributed by atoms with E-state index < -0.39 is 0 Å². The topological polar surface area (TPSA) is 86.3 Å². The van der Waals surface area contributed by atoms with Gasteiger partial charge < -0.3 is 5.32 Å². The van der Waals surface area contributed by atoms with Crippen molar-refractivity contribution in [2.24, 2.45) is 0 Å². The SMILES string of the molecule is CNc1ccc(-c2nc(-n3cccn3)nc(-n3cccn3)n2)cc1C. The van der Waals surface area contributed by atoms with Crippen molar-refractivity contribution in [3.05, 3.63) is 60.7 Å². The van der Waals surface area contributed by atoms with Crippen molar-refractivity contribution >= 4 is 5.69 Å². The van der Waals surface area contributed by atoms with Gasteiger partial charge in [-0.25, -0.2) is 9.36 Å². The Morgan fingerprint density at radius 1 is 0.880 bits per heavy atom. The summed E-state index contributed by atoms with van der Waals surface area (Å²) in [4.78, 5) is 13.6. The monoisotopic (exact) mass is 332 g/mol. The molecule has 0 fully saturated rings. The van der Waals surface area contributed by atoms with Crippen molar-refractivity contribution in [1.29, 1.82) is 0 Å². The lowest BCUT2D eigenvalue weighted by Gasteiger charge is -2.10. The number of benzene rings is 1. The van der Waals surface area contributed by atoms with E-state index in [0.717, 1.165) is 16.8 Å². The zero-order valence-electron chi connectivity index (χ0n) is 13.8. The number of hydrogen-bond donors (Lipinski definition) is 1. The molecular formula is C17H16N8. The van der Waals surface area contributed by atoms with Crippen molar-refractivity contribution in [1.82, 2.24) is 34.5 Å². The third-order valence-corrected chi connectivity index (χ3v) is 3.78. The summed E-state index contributed by atoms with van der Waals surface area (Å²) in [7, 11) is 1.90. The Hall–Kier alpha value is -3.55. The molecule has 1 aromatic carbocycles. The summed E-state index contributed by atoms with van der Waals surface area (Å²) in [5.41, 5.74) is 3.08. The molecule has 0 aliphatic heterocycles. The first-order valence-corrected chi connectivity index (χ1v) is 7.79. The van der Waals surface area contributed by atoms with Crippen LogP contribution in [0.4, 0.5) is 5.69 Å². The third-order valence-electron chi connectivity index (χ3n) is 3.78. The van der Waals surface area contributed by atoms with Crippen LogP contribution < -0.4 is 5.32 Å². The summed E-state index contributed by atoms with van der Waals surface area (Å²) in [6.45, 7) is 2.04. The van der Waals surface area contributed by atoms with Crippen LogP contribution in [0.15, 0.2) is 55.1 Å². The van der Waals surface area contributed by atoms with Gasteiger partial charge in [0.15, 0.2) is 5.82 Å². The number of rotatable bonds is 4. The van der Waals surface area contributed by atoms with Crippen LogP contribution in [0.5, 0.6) is 0 Å². The molecule has 0 unspecified atom stereocenters. The van der Waals surface area contributed by atoms with Crippen LogP contribution in [0.3, 0.4) is 0 Å². The summed E-state index contributed by atoms with van der Waals surface area (Å²) in [5, 5.41) is 11.6. The van der Waals surface area contributed by atoms with Gasteiger partial charge in [0, 0.05) is 43.1 Å². The van der Waals surface area contributed by atoms with Crippen molar-refractivity contribution in [2.75, 3.05) is 12.4 Å². The van der Waals surface area contributed by atoms with Gasteiger partial charge in [-0.05, 0) is 42.8 Å². The van der Waals surface area contributed by atoms with E-state index in [1.807, 2.05) is 44.3 Å². The van der Waals surface area contributed by atoms with Crippen LogP contribution in [-0.2, 0) is 0 Å². The predicted molar refractivity (Wildman–Crippen MR) is 93.8 cm³/mol. The average Bonchev–Trinajstić information content (AvgIpc) is 3.35. The molecule has 1 N–H and O–H groups in total. The smallest absolute Gasteiger partial charge is 0.255 e. The first kappa shape index (κ1) is 15.0. The van der Waals surface area contributed by atoms with E-state index >= 15 is 0 Å². The molecule has 8 heteroatoms. The number of nitrogens with one attached hydrogen (secondary N) is 1. The number of anilines is 1. The zero-order valence-corrected chi connectivity index (χ0v) is 13.8. The lowest BCUT2D eigenvalue weighted by atomic mass is 10.1. The number of nitrogens with zero attached hydrogens (tertiary/aromatic N) is 7. The van der Waals surface area contributed by atoms with Gasteiger partial charge in [0.1, 0.15) is 0 Å². The molecule has 0 saturated heterocycles. The Labute approximate surface area is 144 Å². The van der Waals surface area contributed by atoms with E-state index in [1.54, 1.807) is 34.2 Å². The van der Waals surface area contributed by atoms with E-state index in [9.17, 15) is 0 Å². The van der Waals surface area contributed by atoms with Crippen LogP contribution >= 0.6 is 0 Å². The van der Waals surface area contributed by atoms with Gasteiger partial charge in [-0.3, -0.25) is 0 Å². The molecule has 8 nitrogen and oxygen atoms in total. The second kappa shape index (κ2) is 6.16. The Bertz CT molecular complexity index is 937. The molecule has 4 aromatic rings. The summed E-state index contributed by atoms with van der Waals surface area (Å²) in [6, 6.07) is 9.68. The minimum atomic E-state index is 0.441. The maximum atomic E-state index is 4.57. The van der Waals surface area contributed by atoms with Gasteiger partial charge in [0.05, 0.1) is 0 Å². The van der Waals surface area contributed by atoms with Gasteiger partial charge >= 0.3 is 0 Å². The number of hydrogen-bond acceptors (Lipinski definition) is 6. The first-order valence-electron chi connectivity index (χ1n) is 7.79. The summed E-state index contributed by atoms with van der Waals surface area (Å²) in [5.74, 6) is 1.45. The van der Waals surface area contributed by atoms with E-state index in [-0.39, 0.29) is 0 Å². The molecular weight excluding hydrogens is 316 g/mol. The maximum absolute atomic E-state index is 4.57. The molecule has 0 amide bonds. The Balaban J connectivity index is 1.88. The van der Waals surface area contributed by atoms with Crippen molar-refractivity contribution < 1.29 is 0 Å². The molecule has 0 spiro atoms. The molecule has 0 radical (unpaired) electrons. The van der Waals surface area contributed by atoms with E-state index in [4.69, 9.17) is 0 Å². The Kier molecular flexibility index (Phi) is 3.70. The summed E-state index contributed by atoms with van der Waals surface area (Å²) in [6.07, 6.45) is 6.95. The molecule has 3 aromatic heterocycles. The molecule has 0 atom stereocenters. The number of aromatic nitrogens is 7. The second-order valence-corrected chi connectivity index (χ2v) is 5.44. The molecule has 0 saturated carbocycles. The molecule has 3 heterocycles. The molecule has 0 aliphatic rings. The summed E-state index contributed by atoms with van der Waals surface area (Å²) >= 11 is 0. The van der Waals surface area contributed by atoms with Crippen LogP contribution in [0.2, 0.25) is 0 Å². The van der Waals surface area contributed by atoms with Crippen molar-refractivity contribution in [3.8, 4) is 23.3 Å². The molecule has 4 rings (SSSR count). The average molecular weight is 332 g/mol. The summed E-state index contributed by atoms with van der Waals surface area (Å²) < 4.78 is 3.21. The normalized spacial score (nSPS) is 10.8. The minimum absolute atomic E-state index is 0.441. The van der Waals surface area contributed by atoms with E-state index in [0.29, 0.717) is 17.7 Å². The lowest BCUT2D eigenvalue weighted by molar-refractivity contribution is 0.747. The fraction of sp³-hybridized carbons (Fsp3) is 0.118. The molecule has 25 heavy (non-hydrogen) atoms. The van der Waals surface area contributed by atoms with Gasteiger partial charge in [-0.2, -0.15) is 25.1 Å². The van der Waals surface area contributed by atoms with Crippen molar-refractivity contribution in [3.63, 3.8) is 0 Å². The molecule has 0 bridgehead atoms. The van der Waals surface area contributed by atoms with Crippen LogP contribution in [0.1, 0.15) is 5.56 Å². The van der Waals surface area contributed by atoms with Crippen LogP contribution in [0, 0.1) is 6.92 Å². The molecule has 124 valence electrons. The highest BCUT2D eigenvalue weighted by molar-refractivity contribution is 5.63. The zero-order chi connectivity index (χ0) is 17.2. The highest BCUT2D eigenvalue weighted by Crippen LogP contribution is 2.23. The van der Waals surface area contributed by atoms with E-state index in [2.05, 4.69) is 30.5 Å². The first-order chi connectivity index (χ1) is 12.2.